The fourth-order valence-corrected chi connectivity index (χ4v) is 3.01. The standard InChI is InChI=1S/C14H17ClN2OS/c1-4-14(2,3)17-13(18)12-11(16)9-6-5-8(15)7-10(9)19-12/h5-7H,4,16H2,1-3H3,(H,17,18). The molecule has 1 amide bonds. The van der Waals surface area contributed by atoms with E-state index < -0.39 is 0 Å². The maximum absolute atomic E-state index is 12.3. The summed E-state index contributed by atoms with van der Waals surface area (Å²) in [5, 5.41) is 4.53. The second-order valence-corrected chi connectivity index (χ2v) is 6.67. The summed E-state index contributed by atoms with van der Waals surface area (Å²) < 4.78 is 0.935. The van der Waals surface area contributed by atoms with E-state index in [1.54, 1.807) is 6.07 Å². The van der Waals surface area contributed by atoms with E-state index >= 15 is 0 Å². The lowest BCUT2D eigenvalue weighted by molar-refractivity contribution is 0.0916. The zero-order valence-corrected chi connectivity index (χ0v) is 12.8. The number of anilines is 1. The summed E-state index contributed by atoms with van der Waals surface area (Å²) in [5.41, 5.74) is 6.35. The second-order valence-electron chi connectivity index (χ2n) is 5.18. The van der Waals surface area contributed by atoms with Crippen LogP contribution in [0.3, 0.4) is 0 Å². The number of carbonyl (C=O) groups excluding carboxylic acids is 1. The van der Waals surface area contributed by atoms with Crippen molar-refractivity contribution in [1.82, 2.24) is 5.32 Å². The Hall–Kier alpha value is -1.26. The molecule has 0 aliphatic carbocycles. The SMILES string of the molecule is CCC(C)(C)NC(=O)c1sc2cc(Cl)ccc2c1N. The number of thiophene rings is 1. The molecular formula is C14H17ClN2OS. The monoisotopic (exact) mass is 296 g/mol. The Kier molecular flexibility index (Phi) is 3.74. The maximum Gasteiger partial charge on any atom is 0.263 e. The van der Waals surface area contributed by atoms with Gasteiger partial charge in [0, 0.05) is 20.6 Å². The molecule has 0 saturated heterocycles. The number of hydrogen-bond acceptors (Lipinski definition) is 3. The fourth-order valence-electron chi connectivity index (χ4n) is 1.71. The summed E-state index contributed by atoms with van der Waals surface area (Å²) in [6.45, 7) is 6.02. The zero-order valence-electron chi connectivity index (χ0n) is 11.2. The molecule has 1 aromatic carbocycles. The highest BCUT2D eigenvalue weighted by Crippen LogP contribution is 2.35. The quantitative estimate of drug-likeness (QED) is 0.897. The lowest BCUT2D eigenvalue weighted by Crippen LogP contribution is -2.42. The minimum Gasteiger partial charge on any atom is -0.397 e. The molecule has 2 rings (SSSR count). The van der Waals surface area contributed by atoms with Crippen LogP contribution in [0, 0.1) is 0 Å². The van der Waals surface area contributed by atoms with Crippen molar-refractivity contribution in [2.45, 2.75) is 32.7 Å². The summed E-state index contributed by atoms with van der Waals surface area (Å²) in [6.07, 6.45) is 0.857. The number of fused-ring (bicyclic) bond motifs is 1. The first-order chi connectivity index (χ1) is 8.84. The molecule has 102 valence electrons. The predicted molar refractivity (Wildman–Crippen MR) is 83.1 cm³/mol. The van der Waals surface area contributed by atoms with E-state index in [2.05, 4.69) is 5.32 Å². The Bertz CT molecular complexity index is 634. The van der Waals surface area contributed by atoms with Gasteiger partial charge < -0.3 is 11.1 Å². The van der Waals surface area contributed by atoms with Crippen molar-refractivity contribution < 1.29 is 4.79 Å². The van der Waals surface area contributed by atoms with Gasteiger partial charge in [0.1, 0.15) is 4.88 Å². The van der Waals surface area contributed by atoms with Crippen LogP contribution < -0.4 is 11.1 Å². The third-order valence-electron chi connectivity index (χ3n) is 3.23. The Morgan fingerprint density at radius 1 is 1.47 bits per heavy atom. The van der Waals surface area contributed by atoms with Gasteiger partial charge in [0.15, 0.2) is 0 Å². The highest BCUT2D eigenvalue weighted by molar-refractivity contribution is 7.21. The smallest absolute Gasteiger partial charge is 0.263 e. The number of amides is 1. The molecule has 0 aliphatic heterocycles. The molecule has 0 saturated carbocycles. The fraction of sp³-hybridized carbons (Fsp3) is 0.357. The average Bonchev–Trinajstić information content (AvgIpc) is 2.66. The molecule has 0 radical (unpaired) electrons. The summed E-state index contributed by atoms with van der Waals surface area (Å²) in [6, 6.07) is 5.47. The summed E-state index contributed by atoms with van der Waals surface area (Å²) in [7, 11) is 0. The minimum atomic E-state index is -0.239. The molecular weight excluding hydrogens is 280 g/mol. The van der Waals surface area contributed by atoms with Crippen molar-refractivity contribution in [1.29, 1.82) is 0 Å². The Balaban J connectivity index is 2.40. The van der Waals surface area contributed by atoms with Crippen LogP contribution in [-0.4, -0.2) is 11.4 Å². The maximum atomic E-state index is 12.3. The van der Waals surface area contributed by atoms with Crippen LogP contribution in [0.2, 0.25) is 5.02 Å². The number of carbonyl (C=O) groups is 1. The van der Waals surface area contributed by atoms with Crippen LogP contribution in [-0.2, 0) is 0 Å². The van der Waals surface area contributed by atoms with Gasteiger partial charge in [-0.2, -0.15) is 0 Å². The lowest BCUT2D eigenvalue weighted by atomic mass is 10.0. The Morgan fingerprint density at radius 3 is 2.79 bits per heavy atom. The minimum absolute atomic E-state index is 0.123. The number of hydrogen-bond donors (Lipinski definition) is 2. The number of nitrogen functional groups attached to an aromatic ring is 1. The third-order valence-corrected chi connectivity index (χ3v) is 4.63. The Morgan fingerprint density at radius 2 is 2.16 bits per heavy atom. The Labute approximate surface area is 121 Å². The number of halogens is 1. The van der Waals surface area contributed by atoms with E-state index in [9.17, 15) is 4.79 Å². The van der Waals surface area contributed by atoms with Gasteiger partial charge >= 0.3 is 0 Å². The van der Waals surface area contributed by atoms with E-state index in [-0.39, 0.29) is 11.4 Å². The van der Waals surface area contributed by atoms with Crippen LogP contribution >= 0.6 is 22.9 Å². The summed E-state index contributed by atoms with van der Waals surface area (Å²) in [5.74, 6) is -0.123. The number of rotatable bonds is 3. The first-order valence-corrected chi connectivity index (χ1v) is 7.33. The van der Waals surface area contributed by atoms with Crippen molar-refractivity contribution in [2.24, 2.45) is 0 Å². The van der Waals surface area contributed by atoms with E-state index in [0.29, 0.717) is 15.6 Å². The largest absolute Gasteiger partial charge is 0.397 e. The molecule has 5 heteroatoms. The normalized spacial score (nSPS) is 11.8. The van der Waals surface area contributed by atoms with Gasteiger partial charge in [0.2, 0.25) is 0 Å². The van der Waals surface area contributed by atoms with Crippen LogP contribution in [0.15, 0.2) is 18.2 Å². The van der Waals surface area contributed by atoms with Crippen LogP contribution in [0.25, 0.3) is 10.1 Å². The average molecular weight is 297 g/mol. The molecule has 1 heterocycles. The molecule has 0 bridgehead atoms. The third kappa shape index (κ3) is 2.85. The van der Waals surface area contributed by atoms with Gasteiger partial charge in [-0.3, -0.25) is 4.79 Å². The van der Waals surface area contributed by atoms with Gasteiger partial charge in [-0.15, -0.1) is 11.3 Å². The topological polar surface area (TPSA) is 55.1 Å². The second kappa shape index (κ2) is 5.02. The first kappa shape index (κ1) is 14.2. The molecule has 3 nitrogen and oxygen atoms in total. The molecule has 0 unspecified atom stereocenters. The molecule has 0 spiro atoms. The molecule has 3 N–H and O–H groups in total. The first-order valence-electron chi connectivity index (χ1n) is 6.14. The summed E-state index contributed by atoms with van der Waals surface area (Å²) in [4.78, 5) is 12.8. The van der Waals surface area contributed by atoms with Crippen molar-refractivity contribution >= 4 is 44.6 Å². The molecule has 0 atom stereocenters. The van der Waals surface area contributed by atoms with E-state index in [0.717, 1.165) is 16.5 Å². The van der Waals surface area contributed by atoms with Gasteiger partial charge in [-0.1, -0.05) is 18.5 Å². The van der Waals surface area contributed by atoms with Gasteiger partial charge in [0.05, 0.1) is 5.69 Å². The molecule has 2 aromatic rings. The highest BCUT2D eigenvalue weighted by Gasteiger charge is 2.22. The predicted octanol–water partition coefficient (Wildman–Crippen LogP) is 4.06. The number of nitrogens with one attached hydrogen (secondary N) is 1. The molecule has 0 aliphatic rings. The number of benzene rings is 1. The van der Waals surface area contributed by atoms with Crippen LogP contribution in [0.4, 0.5) is 5.69 Å². The summed E-state index contributed by atoms with van der Waals surface area (Å²) >= 11 is 7.33. The zero-order chi connectivity index (χ0) is 14.2. The van der Waals surface area contributed by atoms with Crippen molar-refractivity contribution in [3.05, 3.63) is 28.1 Å². The number of nitrogens with two attached hydrogens (primary N) is 1. The van der Waals surface area contributed by atoms with Crippen molar-refractivity contribution in [3.63, 3.8) is 0 Å². The van der Waals surface area contributed by atoms with E-state index in [4.69, 9.17) is 17.3 Å². The van der Waals surface area contributed by atoms with Gasteiger partial charge in [-0.05, 0) is 38.5 Å². The van der Waals surface area contributed by atoms with Crippen LogP contribution in [0.1, 0.15) is 36.9 Å². The van der Waals surface area contributed by atoms with Crippen molar-refractivity contribution in [2.75, 3.05) is 5.73 Å². The molecule has 19 heavy (non-hydrogen) atoms. The van der Waals surface area contributed by atoms with Crippen LogP contribution in [0.5, 0.6) is 0 Å². The van der Waals surface area contributed by atoms with E-state index in [1.807, 2.05) is 32.9 Å². The van der Waals surface area contributed by atoms with Crippen molar-refractivity contribution in [3.8, 4) is 0 Å². The van der Waals surface area contributed by atoms with Gasteiger partial charge in [-0.25, -0.2) is 0 Å². The highest BCUT2D eigenvalue weighted by atomic mass is 35.5. The molecule has 0 fully saturated rings. The van der Waals surface area contributed by atoms with Gasteiger partial charge in [0.25, 0.3) is 5.91 Å². The molecule has 1 aromatic heterocycles. The van der Waals surface area contributed by atoms with E-state index in [1.165, 1.54) is 11.3 Å². The lowest BCUT2D eigenvalue weighted by Gasteiger charge is -2.24.